The number of hydrogen-bond acceptors (Lipinski definition) is 3. The van der Waals surface area contributed by atoms with Crippen LogP contribution in [0.3, 0.4) is 0 Å². The molecule has 0 saturated carbocycles. The molecule has 0 aliphatic rings. The molecule has 4 rings (SSSR count). The Labute approximate surface area is 132 Å². The van der Waals surface area contributed by atoms with E-state index in [2.05, 4.69) is 10.1 Å². The Morgan fingerprint density at radius 3 is 2.67 bits per heavy atom. The van der Waals surface area contributed by atoms with Crippen molar-refractivity contribution in [3.8, 4) is 5.82 Å². The van der Waals surface area contributed by atoms with E-state index in [1.165, 1.54) is 31.9 Å². The Hall–Kier alpha value is -3.10. The summed E-state index contributed by atoms with van der Waals surface area (Å²) < 4.78 is 42.3. The Kier molecular flexibility index (Phi) is 2.84. The maximum Gasteiger partial charge on any atom is 0.417 e. The van der Waals surface area contributed by atoms with Gasteiger partial charge in [0.2, 0.25) is 0 Å². The van der Waals surface area contributed by atoms with Crippen LogP contribution in [0.4, 0.5) is 13.2 Å². The van der Waals surface area contributed by atoms with Gasteiger partial charge in [0.1, 0.15) is 11.2 Å². The first-order chi connectivity index (χ1) is 11.3. The van der Waals surface area contributed by atoms with E-state index in [0.29, 0.717) is 16.9 Å². The van der Waals surface area contributed by atoms with E-state index in [1.807, 2.05) is 0 Å². The zero-order valence-electron chi connectivity index (χ0n) is 12.3. The van der Waals surface area contributed by atoms with Gasteiger partial charge in [-0.2, -0.15) is 18.3 Å². The van der Waals surface area contributed by atoms with E-state index in [4.69, 9.17) is 0 Å². The van der Waals surface area contributed by atoms with Crippen LogP contribution in [0.15, 0.2) is 47.8 Å². The van der Waals surface area contributed by atoms with Crippen LogP contribution in [0.2, 0.25) is 0 Å². The van der Waals surface area contributed by atoms with Gasteiger partial charge in [-0.05, 0) is 25.1 Å². The molecule has 0 radical (unpaired) electrons. The summed E-state index contributed by atoms with van der Waals surface area (Å²) in [7, 11) is 0. The lowest BCUT2D eigenvalue weighted by Crippen LogP contribution is -2.19. The van der Waals surface area contributed by atoms with E-state index < -0.39 is 11.7 Å². The fourth-order valence-electron chi connectivity index (χ4n) is 2.55. The highest BCUT2D eigenvalue weighted by Gasteiger charge is 2.30. The van der Waals surface area contributed by atoms with Crippen molar-refractivity contribution in [2.24, 2.45) is 0 Å². The van der Waals surface area contributed by atoms with Gasteiger partial charge in [0.25, 0.3) is 5.56 Å². The first-order valence-corrected chi connectivity index (χ1v) is 6.97. The minimum absolute atomic E-state index is 0.237. The van der Waals surface area contributed by atoms with Crippen molar-refractivity contribution in [3.05, 3.63) is 64.6 Å². The minimum atomic E-state index is -4.44. The van der Waals surface area contributed by atoms with Crippen molar-refractivity contribution >= 4 is 11.2 Å². The van der Waals surface area contributed by atoms with Crippen LogP contribution in [0.1, 0.15) is 11.3 Å². The number of aromatic nitrogens is 5. The summed E-state index contributed by atoms with van der Waals surface area (Å²) >= 11 is 0. The van der Waals surface area contributed by atoms with Crippen LogP contribution in [-0.4, -0.2) is 23.6 Å². The van der Waals surface area contributed by atoms with Crippen molar-refractivity contribution < 1.29 is 13.2 Å². The molecule has 4 aromatic rings. The molecule has 0 amide bonds. The topological polar surface area (TPSA) is 56.6 Å². The zero-order chi connectivity index (χ0) is 17.1. The van der Waals surface area contributed by atoms with E-state index in [-0.39, 0.29) is 11.4 Å². The van der Waals surface area contributed by atoms with Crippen LogP contribution in [0, 0.1) is 6.92 Å². The van der Waals surface area contributed by atoms with E-state index in [0.717, 1.165) is 12.3 Å². The van der Waals surface area contributed by atoms with Crippen LogP contribution < -0.4 is 5.56 Å². The third-order valence-corrected chi connectivity index (χ3v) is 3.67. The second-order valence-corrected chi connectivity index (χ2v) is 5.37. The molecule has 0 atom stereocenters. The molecule has 0 N–H and O–H groups in total. The van der Waals surface area contributed by atoms with Crippen molar-refractivity contribution in [3.63, 3.8) is 0 Å². The number of nitrogens with zero attached hydrogens (tertiary/aromatic N) is 5. The van der Waals surface area contributed by atoms with E-state index in [9.17, 15) is 18.0 Å². The van der Waals surface area contributed by atoms with Gasteiger partial charge in [0.05, 0.1) is 17.5 Å². The van der Waals surface area contributed by atoms with Crippen LogP contribution >= 0.6 is 0 Å². The SMILES string of the molecule is Cc1cc2c(=O)n(-c3cn4cc(C(F)(F)F)ccc4n3)ccn2n1. The van der Waals surface area contributed by atoms with Crippen LogP contribution in [0.5, 0.6) is 0 Å². The first-order valence-electron chi connectivity index (χ1n) is 6.97. The molecule has 0 aromatic carbocycles. The number of rotatable bonds is 1. The summed E-state index contributed by atoms with van der Waals surface area (Å²) in [6, 6.07) is 3.85. The first kappa shape index (κ1) is 14.5. The third kappa shape index (κ3) is 2.16. The molecule has 0 saturated heterocycles. The molecule has 0 bridgehead atoms. The van der Waals surface area contributed by atoms with Gasteiger partial charge in [-0.15, -0.1) is 0 Å². The van der Waals surface area contributed by atoms with E-state index >= 15 is 0 Å². The number of imidazole rings is 1. The predicted molar refractivity (Wildman–Crippen MR) is 79.3 cm³/mol. The molecule has 122 valence electrons. The standard InChI is InChI=1S/C15H10F3N5O/c1-9-6-11-14(24)22(4-5-23(11)20-9)13-8-21-7-10(15(16,17)18)2-3-12(21)19-13/h2-8H,1H3. The number of halogens is 3. The van der Waals surface area contributed by atoms with Crippen LogP contribution in [0.25, 0.3) is 17.0 Å². The largest absolute Gasteiger partial charge is 0.417 e. The smallest absolute Gasteiger partial charge is 0.304 e. The lowest BCUT2D eigenvalue weighted by Gasteiger charge is -2.05. The van der Waals surface area contributed by atoms with Crippen molar-refractivity contribution in [2.75, 3.05) is 0 Å². The minimum Gasteiger partial charge on any atom is -0.304 e. The molecule has 0 fully saturated rings. The van der Waals surface area contributed by atoms with Crippen molar-refractivity contribution in [1.29, 1.82) is 0 Å². The summed E-state index contributed by atoms with van der Waals surface area (Å²) in [5.74, 6) is 0.237. The van der Waals surface area contributed by atoms with Gasteiger partial charge in [-0.25, -0.2) is 9.50 Å². The molecule has 6 nitrogen and oxygen atoms in total. The van der Waals surface area contributed by atoms with Crippen molar-refractivity contribution in [2.45, 2.75) is 13.1 Å². The normalized spacial score (nSPS) is 12.3. The van der Waals surface area contributed by atoms with Crippen LogP contribution in [-0.2, 0) is 6.18 Å². The lowest BCUT2D eigenvalue weighted by atomic mass is 10.3. The monoisotopic (exact) mass is 333 g/mol. The molecule has 0 aliphatic carbocycles. The van der Waals surface area contributed by atoms with E-state index in [1.54, 1.807) is 19.2 Å². The Morgan fingerprint density at radius 2 is 1.92 bits per heavy atom. The molecular weight excluding hydrogens is 323 g/mol. The molecule has 4 heterocycles. The molecule has 9 heteroatoms. The average molecular weight is 333 g/mol. The highest BCUT2D eigenvalue weighted by molar-refractivity contribution is 5.49. The molecule has 4 aromatic heterocycles. The molecule has 0 spiro atoms. The molecule has 24 heavy (non-hydrogen) atoms. The fraction of sp³-hybridized carbons (Fsp3) is 0.133. The Bertz CT molecular complexity index is 1140. The molecule has 0 unspecified atom stereocenters. The number of aryl methyl sites for hydroxylation is 1. The lowest BCUT2D eigenvalue weighted by molar-refractivity contribution is -0.137. The van der Waals surface area contributed by atoms with Gasteiger partial charge in [0, 0.05) is 18.6 Å². The summed E-state index contributed by atoms with van der Waals surface area (Å²) in [6.45, 7) is 1.76. The van der Waals surface area contributed by atoms with Gasteiger partial charge in [0.15, 0.2) is 5.82 Å². The number of hydrogen-bond donors (Lipinski definition) is 0. The maximum atomic E-state index is 12.8. The van der Waals surface area contributed by atoms with Gasteiger partial charge in [-0.3, -0.25) is 9.36 Å². The highest BCUT2D eigenvalue weighted by Crippen LogP contribution is 2.29. The Morgan fingerprint density at radius 1 is 1.12 bits per heavy atom. The fourth-order valence-corrected chi connectivity index (χ4v) is 2.55. The second-order valence-electron chi connectivity index (χ2n) is 5.37. The maximum absolute atomic E-state index is 12.8. The molecular formula is C15H10F3N5O. The third-order valence-electron chi connectivity index (χ3n) is 3.67. The highest BCUT2D eigenvalue weighted by atomic mass is 19.4. The Balaban J connectivity index is 1.90. The number of pyridine rings is 1. The number of fused-ring (bicyclic) bond motifs is 2. The van der Waals surface area contributed by atoms with Gasteiger partial charge >= 0.3 is 6.18 Å². The summed E-state index contributed by atoms with van der Waals surface area (Å²) in [5.41, 5.74) is 0.234. The predicted octanol–water partition coefficient (Wildman–Crippen LogP) is 2.46. The summed E-state index contributed by atoms with van der Waals surface area (Å²) in [4.78, 5) is 16.7. The number of alkyl halides is 3. The quantitative estimate of drug-likeness (QED) is 0.538. The molecule has 0 aliphatic heterocycles. The average Bonchev–Trinajstić information content (AvgIpc) is 3.08. The van der Waals surface area contributed by atoms with Gasteiger partial charge in [-0.1, -0.05) is 0 Å². The summed E-state index contributed by atoms with van der Waals surface area (Å²) in [6.07, 6.45) is 0.955. The second kappa shape index (κ2) is 4.70. The van der Waals surface area contributed by atoms with Crippen molar-refractivity contribution in [1.82, 2.24) is 23.6 Å². The summed E-state index contributed by atoms with van der Waals surface area (Å²) in [5, 5.41) is 4.14. The zero-order valence-corrected chi connectivity index (χ0v) is 12.3. The van der Waals surface area contributed by atoms with Gasteiger partial charge < -0.3 is 4.40 Å².